The average Bonchev–Trinajstić information content (AvgIpc) is 3.10. The predicted molar refractivity (Wildman–Crippen MR) is 141 cm³/mol. The Labute approximate surface area is 211 Å². The summed E-state index contributed by atoms with van der Waals surface area (Å²) in [5.41, 5.74) is 6.94. The van der Waals surface area contributed by atoms with Crippen LogP contribution in [0.4, 0.5) is 0 Å². The maximum atomic E-state index is 9.72. The van der Waals surface area contributed by atoms with Crippen molar-refractivity contribution in [2.45, 2.75) is 20.5 Å². The Morgan fingerprint density at radius 3 is 2.12 bits per heavy atom. The maximum absolute atomic E-state index is 9.72. The van der Waals surface area contributed by atoms with Crippen molar-refractivity contribution in [3.05, 3.63) is 116 Å². The van der Waals surface area contributed by atoms with E-state index < -0.39 is 0 Å². The molecule has 3 nitrogen and oxygen atoms in total. The number of nitrogens with zero attached hydrogens (tertiary/aromatic N) is 2. The molecule has 0 bridgehead atoms. The number of aryl methyl sites for hydroxylation is 1. The third-order valence-corrected chi connectivity index (χ3v) is 6.52. The summed E-state index contributed by atoms with van der Waals surface area (Å²) in [6.07, 6.45) is 1.96. The first-order valence-electron chi connectivity index (χ1n) is 10.5. The molecule has 0 unspecified atom stereocenters. The summed E-state index contributed by atoms with van der Waals surface area (Å²) >= 11 is 6.90. The van der Waals surface area contributed by atoms with E-state index in [-0.39, 0.29) is 0 Å². The highest BCUT2D eigenvalue weighted by molar-refractivity contribution is 9.10. The van der Waals surface area contributed by atoms with Crippen molar-refractivity contribution in [3.63, 3.8) is 0 Å². The molecule has 0 saturated heterocycles. The Morgan fingerprint density at radius 1 is 0.909 bits per heavy atom. The first-order chi connectivity index (χ1) is 15.9. The van der Waals surface area contributed by atoms with Crippen LogP contribution in [0, 0.1) is 25.2 Å². The van der Waals surface area contributed by atoms with Crippen LogP contribution in [0.15, 0.2) is 87.8 Å². The van der Waals surface area contributed by atoms with Gasteiger partial charge in [-0.2, -0.15) is 5.26 Å². The molecule has 0 fully saturated rings. The molecule has 1 heterocycles. The minimum absolute atomic E-state index is 0.524. The molecule has 4 rings (SSSR count). The summed E-state index contributed by atoms with van der Waals surface area (Å²) in [5.74, 6) is 0.825. The Kier molecular flexibility index (Phi) is 7.17. The number of rotatable bonds is 6. The highest BCUT2D eigenvalue weighted by atomic mass is 79.9. The number of aromatic nitrogens is 1. The number of hydrogen-bond donors (Lipinski definition) is 0. The molecule has 0 aliphatic heterocycles. The smallest absolute Gasteiger partial charge is 0.119 e. The molecule has 1 aromatic heterocycles. The number of allylic oxidation sites excluding steroid dienone is 1. The van der Waals surface area contributed by atoms with Crippen LogP contribution in [0.25, 0.3) is 17.3 Å². The Morgan fingerprint density at radius 2 is 1.52 bits per heavy atom. The van der Waals surface area contributed by atoms with E-state index in [1.807, 2.05) is 66.7 Å². The van der Waals surface area contributed by atoms with Gasteiger partial charge in [-0.25, -0.2) is 0 Å². The summed E-state index contributed by atoms with van der Waals surface area (Å²) in [6.45, 7) is 4.68. The van der Waals surface area contributed by atoms with Crippen molar-refractivity contribution < 1.29 is 4.74 Å². The van der Waals surface area contributed by atoms with Gasteiger partial charge >= 0.3 is 0 Å². The highest BCUT2D eigenvalue weighted by Crippen LogP contribution is 2.27. The fraction of sp³-hybridized carbons (Fsp3) is 0.107. The summed E-state index contributed by atoms with van der Waals surface area (Å²) in [6, 6.07) is 28.5. The first kappa shape index (κ1) is 23.1. The summed E-state index contributed by atoms with van der Waals surface area (Å²) in [7, 11) is 0. The van der Waals surface area contributed by atoms with Crippen molar-refractivity contribution in [1.29, 1.82) is 5.26 Å². The number of hydrogen-bond acceptors (Lipinski definition) is 2. The lowest BCUT2D eigenvalue weighted by Crippen LogP contribution is -2.00. The summed E-state index contributed by atoms with van der Waals surface area (Å²) in [4.78, 5) is 0. The molecule has 3 aromatic carbocycles. The van der Waals surface area contributed by atoms with E-state index in [0.717, 1.165) is 48.5 Å². The number of ether oxygens (including phenoxy) is 1. The van der Waals surface area contributed by atoms with Gasteiger partial charge in [0.05, 0.1) is 11.6 Å². The van der Waals surface area contributed by atoms with Gasteiger partial charge in [-0.15, -0.1) is 0 Å². The van der Waals surface area contributed by atoms with Crippen molar-refractivity contribution >= 4 is 43.5 Å². The van der Waals surface area contributed by atoms with Gasteiger partial charge < -0.3 is 9.30 Å². The molecule has 0 saturated carbocycles. The fourth-order valence-corrected chi connectivity index (χ4v) is 4.26. The zero-order chi connectivity index (χ0) is 23.4. The third-order valence-electron chi connectivity index (χ3n) is 5.46. The Hall–Kier alpha value is -3.07. The van der Waals surface area contributed by atoms with E-state index in [2.05, 4.69) is 74.5 Å². The van der Waals surface area contributed by atoms with Crippen LogP contribution < -0.4 is 4.74 Å². The molecule has 0 spiro atoms. The van der Waals surface area contributed by atoms with E-state index in [4.69, 9.17) is 4.74 Å². The summed E-state index contributed by atoms with van der Waals surface area (Å²) < 4.78 is 10.2. The maximum Gasteiger partial charge on any atom is 0.119 e. The molecule has 0 amide bonds. The van der Waals surface area contributed by atoms with Gasteiger partial charge in [0.2, 0.25) is 0 Å². The number of halogens is 2. The van der Waals surface area contributed by atoms with Crippen molar-refractivity contribution in [2.75, 3.05) is 0 Å². The van der Waals surface area contributed by atoms with Crippen LogP contribution in [-0.2, 0) is 6.61 Å². The van der Waals surface area contributed by atoms with Gasteiger partial charge in [-0.3, -0.25) is 0 Å². The SMILES string of the molecule is Cc1cc(/C=C(/C#N)c2ccc(Br)cc2)c(C)n1-c1ccc(OCc2ccc(Br)cc2)cc1. The van der Waals surface area contributed by atoms with Crippen LogP contribution in [0.1, 0.15) is 28.1 Å². The lowest BCUT2D eigenvalue weighted by atomic mass is 10.0. The first-order valence-corrected chi connectivity index (χ1v) is 12.1. The molecular weight excluding hydrogens is 540 g/mol. The molecule has 0 atom stereocenters. The van der Waals surface area contributed by atoms with Gasteiger partial charge in [0.15, 0.2) is 0 Å². The van der Waals surface area contributed by atoms with Crippen LogP contribution >= 0.6 is 31.9 Å². The second-order valence-corrected chi connectivity index (χ2v) is 9.58. The topological polar surface area (TPSA) is 38.0 Å². The molecular formula is C28H22Br2N2O. The third kappa shape index (κ3) is 5.47. The molecule has 33 heavy (non-hydrogen) atoms. The molecule has 0 aliphatic rings. The van der Waals surface area contributed by atoms with Crippen molar-refractivity contribution in [2.24, 2.45) is 0 Å². The molecule has 164 valence electrons. The minimum Gasteiger partial charge on any atom is -0.489 e. The highest BCUT2D eigenvalue weighted by Gasteiger charge is 2.11. The van der Waals surface area contributed by atoms with Gasteiger partial charge in [0.25, 0.3) is 0 Å². The van der Waals surface area contributed by atoms with E-state index in [0.29, 0.717) is 12.2 Å². The van der Waals surface area contributed by atoms with Gasteiger partial charge in [0.1, 0.15) is 12.4 Å². The standard InChI is InChI=1S/C28H22Br2N2O/c1-19-15-23(16-24(17-31)22-5-9-26(30)10-6-22)20(2)32(19)27-11-13-28(14-12-27)33-18-21-3-7-25(29)8-4-21/h3-16H,18H2,1-2H3/b24-16-. The lowest BCUT2D eigenvalue weighted by molar-refractivity contribution is 0.306. The largest absolute Gasteiger partial charge is 0.489 e. The minimum atomic E-state index is 0.524. The number of benzene rings is 3. The quantitative estimate of drug-likeness (QED) is 0.222. The van der Waals surface area contributed by atoms with E-state index in [1.54, 1.807) is 0 Å². The zero-order valence-corrected chi connectivity index (χ0v) is 21.5. The second kappa shape index (κ2) is 10.2. The normalized spacial score (nSPS) is 11.3. The van der Waals surface area contributed by atoms with E-state index in [9.17, 15) is 5.26 Å². The van der Waals surface area contributed by atoms with Crippen molar-refractivity contribution in [1.82, 2.24) is 4.57 Å². The second-order valence-electron chi connectivity index (χ2n) is 7.75. The predicted octanol–water partition coefficient (Wildman–Crippen LogP) is 8.26. The number of nitriles is 1. The van der Waals surface area contributed by atoms with Crippen molar-refractivity contribution in [3.8, 4) is 17.5 Å². The zero-order valence-electron chi connectivity index (χ0n) is 18.3. The molecule has 4 aromatic rings. The lowest BCUT2D eigenvalue weighted by Gasteiger charge is -2.12. The average molecular weight is 562 g/mol. The van der Waals surface area contributed by atoms with E-state index >= 15 is 0 Å². The van der Waals surface area contributed by atoms with Crippen LogP contribution in [-0.4, -0.2) is 4.57 Å². The Balaban J connectivity index is 1.55. The molecule has 0 N–H and O–H groups in total. The molecule has 0 radical (unpaired) electrons. The summed E-state index contributed by atoms with van der Waals surface area (Å²) in [5, 5.41) is 9.72. The van der Waals surface area contributed by atoms with Gasteiger partial charge in [0, 0.05) is 26.0 Å². The van der Waals surface area contributed by atoms with Crippen LogP contribution in [0.2, 0.25) is 0 Å². The molecule has 0 aliphatic carbocycles. The van der Waals surface area contributed by atoms with Crippen LogP contribution in [0.3, 0.4) is 0 Å². The van der Waals surface area contributed by atoms with Gasteiger partial charge in [-0.05, 0) is 91.2 Å². The van der Waals surface area contributed by atoms with Crippen LogP contribution in [0.5, 0.6) is 5.75 Å². The Bertz CT molecular complexity index is 1330. The molecule has 5 heteroatoms. The monoisotopic (exact) mass is 560 g/mol. The van der Waals surface area contributed by atoms with Gasteiger partial charge in [-0.1, -0.05) is 56.1 Å². The van der Waals surface area contributed by atoms with E-state index in [1.165, 1.54) is 0 Å². The fourth-order valence-electron chi connectivity index (χ4n) is 3.73.